The zero-order chi connectivity index (χ0) is 15.6. The molecule has 118 valence electrons. The molecule has 0 saturated carbocycles. The van der Waals surface area contributed by atoms with Crippen molar-refractivity contribution in [3.8, 4) is 0 Å². The summed E-state index contributed by atoms with van der Waals surface area (Å²) in [7, 11) is 0. The van der Waals surface area contributed by atoms with Crippen molar-refractivity contribution in [3.05, 3.63) is 71.5 Å². The number of nitrogens with zero attached hydrogens (tertiary/aromatic N) is 1. The molecule has 0 aliphatic carbocycles. The van der Waals surface area contributed by atoms with E-state index in [1.54, 1.807) is 0 Å². The first-order valence-corrected chi connectivity index (χ1v) is 8.18. The van der Waals surface area contributed by atoms with E-state index in [4.69, 9.17) is 9.15 Å². The Bertz CT molecular complexity index is 752. The van der Waals surface area contributed by atoms with Crippen LogP contribution in [-0.2, 0) is 4.74 Å². The Kier molecular flexibility index (Phi) is 3.90. The lowest BCUT2D eigenvalue weighted by molar-refractivity contribution is 0.0204. The van der Waals surface area contributed by atoms with E-state index in [1.165, 1.54) is 11.1 Å². The van der Waals surface area contributed by atoms with Crippen molar-refractivity contribution in [1.29, 1.82) is 0 Å². The van der Waals surface area contributed by atoms with Gasteiger partial charge < -0.3 is 9.15 Å². The number of hydrogen-bond donors (Lipinski definition) is 0. The molecule has 0 bridgehead atoms. The number of morpholine rings is 1. The Labute approximate surface area is 136 Å². The van der Waals surface area contributed by atoms with Gasteiger partial charge in [-0.2, -0.15) is 0 Å². The van der Waals surface area contributed by atoms with Crippen LogP contribution in [0.1, 0.15) is 22.9 Å². The van der Waals surface area contributed by atoms with E-state index in [1.807, 2.05) is 12.1 Å². The van der Waals surface area contributed by atoms with Gasteiger partial charge in [0.2, 0.25) is 0 Å². The number of ether oxygens (including phenoxy) is 1. The quantitative estimate of drug-likeness (QED) is 0.726. The first kappa shape index (κ1) is 14.5. The standard InChI is InChI=1S/C20H21NO2/c1-15-6-8-16(9-7-15)20(21-10-12-22-13-11-21)19-14-17-4-2-3-5-18(17)23-19/h2-9,14,20H,10-13H2,1H3. The second kappa shape index (κ2) is 6.19. The maximum absolute atomic E-state index is 6.19. The van der Waals surface area contributed by atoms with Crippen LogP contribution in [0.2, 0.25) is 0 Å². The molecule has 0 spiro atoms. The first-order valence-electron chi connectivity index (χ1n) is 8.18. The van der Waals surface area contributed by atoms with Crippen molar-refractivity contribution in [2.45, 2.75) is 13.0 Å². The van der Waals surface area contributed by atoms with Crippen LogP contribution in [0.15, 0.2) is 59.0 Å². The summed E-state index contributed by atoms with van der Waals surface area (Å²) >= 11 is 0. The Morgan fingerprint density at radius 3 is 2.43 bits per heavy atom. The van der Waals surface area contributed by atoms with Crippen molar-refractivity contribution >= 4 is 11.0 Å². The summed E-state index contributed by atoms with van der Waals surface area (Å²) in [5.74, 6) is 1.01. The number of benzene rings is 2. The van der Waals surface area contributed by atoms with Gasteiger partial charge in [-0.1, -0.05) is 48.0 Å². The molecule has 0 N–H and O–H groups in total. The molecule has 1 aromatic heterocycles. The van der Waals surface area contributed by atoms with E-state index >= 15 is 0 Å². The number of furan rings is 1. The number of fused-ring (bicyclic) bond motifs is 1. The molecule has 1 aliphatic rings. The van der Waals surface area contributed by atoms with E-state index in [2.05, 4.69) is 54.3 Å². The lowest BCUT2D eigenvalue weighted by Crippen LogP contribution is -2.39. The van der Waals surface area contributed by atoms with Crippen LogP contribution in [0.4, 0.5) is 0 Å². The second-order valence-corrected chi connectivity index (χ2v) is 6.15. The van der Waals surface area contributed by atoms with E-state index in [-0.39, 0.29) is 6.04 Å². The highest BCUT2D eigenvalue weighted by Crippen LogP contribution is 2.33. The van der Waals surface area contributed by atoms with Crippen LogP contribution < -0.4 is 0 Å². The summed E-state index contributed by atoms with van der Waals surface area (Å²) < 4.78 is 11.7. The van der Waals surface area contributed by atoms with Crippen molar-refractivity contribution in [2.24, 2.45) is 0 Å². The van der Waals surface area contributed by atoms with Gasteiger partial charge >= 0.3 is 0 Å². The number of aryl methyl sites for hydroxylation is 1. The molecule has 4 rings (SSSR count). The summed E-state index contributed by atoms with van der Waals surface area (Å²) in [5.41, 5.74) is 3.50. The van der Waals surface area contributed by atoms with Crippen molar-refractivity contribution in [1.82, 2.24) is 4.90 Å². The van der Waals surface area contributed by atoms with E-state index < -0.39 is 0 Å². The van der Waals surface area contributed by atoms with E-state index in [0.29, 0.717) is 0 Å². The smallest absolute Gasteiger partial charge is 0.134 e. The predicted molar refractivity (Wildman–Crippen MR) is 91.6 cm³/mol. The summed E-state index contributed by atoms with van der Waals surface area (Å²) in [6.07, 6.45) is 0. The molecule has 3 heteroatoms. The van der Waals surface area contributed by atoms with Gasteiger partial charge in [0.15, 0.2) is 0 Å². The SMILES string of the molecule is Cc1ccc(C(c2cc3ccccc3o2)N2CCOCC2)cc1. The first-order chi connectivity index (χ1) is 11.3. The minimum atomic E-state index is 0.145. The predicted octanol–water partition coefficient (Wildman–Crippen LogP) is 4.16. The Balaban J connectivity index is 1.78. The van der Waals surface area contributed by atoms with Crippen LogP contribution in [0, 0.1) is 6.92 Å². The highest BCUT2D eigenvalue weighted by atomic mass is 16.5. The number of rotatable bonds is 3. The molecule has 1 aliphatic heterocycles. The molecule has 23 heavy (non-hydrogen) atoms. The van der Waals surface area contributed by atoms with Crippen LogP contribution in [-0.4, -0.2) is 31.2 Å². The monoisotopic (exact) mass is 307 g/mol. The highest BCUT2D eigenvalue weighted by Gasteiger charge is 2.27. The topological polar surface area (TPSA) is 25.6 Å². The normalized spacial score (nSPS) is 17.4. The molecule has 1 saturated heterocycles. The second-order valence-electron chi connectivity index (χ2n) is 6.15. The third-order valence-electron chi connectivity index (χ3n) is 4.52. The molecule has 1 unspecified atom stereocenters. The maximum atomic E-state index is 6.19. The van der Waals surface area contributed by atoms with Crippen LogP contribution in [0.5, 0.6) is 0 Å². The van der Waals surface area contributed by atoms with Gasteiger partial charge in [0.25, 0.3) is 0 Å². The van der Waals surface area contributed by atoms with Gasteiger partial charge in [0, 0.05) is 18.5 Å². The third kappa shape index (κ3) is 2.90. The van der Waals surface area contributed by atoms with Gasteiger partial charge in [-0.3, -0.25) is 4.90 Å². The minimum Gasteiger partial charge on any atom is -0.459 e. The molecular formula is C20H21NO2. The fraction of sp³-hybridized carbons (Fsp3) is 0.300. The van der Waals surface area contributed by atoms with Gasteiger partial charge in [-0.15, -0.1) is 0 Å². The molecule has 0 amide bonds. The fourth-order valence-electron chi connectivity index (χ4n) is 3.28. The van der Waals surface area contributed by atoms with Crippen LogP contribution in [0.25, 0.3) is 11.0 Å². The Morgan fingerprint density at radius 2 is 1.70 bits per heavy atom. The van der Waals surface area contributed by atoms with Crippen molar-refractivity contribution < 1.29 is 9.15 Å². The third-order valence-corrected chi connectivity index (χ3v) is 4.52. The zero-order valence-electron chi connectivity index (χ0n) is 13.4. The van der Waals surface area contributed by atoms with Gasteiger partial charge in [-0.25, -0.2) is 0 Å². The zero-order valence-corrected chi connectivity index (χ0v) is 13.4. The average molecular weight is 307 g/mol. The van der Waals surface area contributed by atoms with Crippen LogP contribution in [0.3, 0.4) is 0 Å². The number of para-hydroxylation sites is 1. The molecule has 2 aromatic carbocycles. The molecule has 1 atom stereocenters. The largest absolute Gasteiger partial charge is 0.459 e. The Hall–Kier alpha value is -2.10. The molecule has 0 radical (unpaired) electrons. The summed E-state index contributed by atoms with van der Waals surface area (Å²) in [6, 6.07) is 19.3. The van der Waals surface area contributed by atoms with Gasteiger partial charge in [0.05, 0.1) is 19.3 Å². The molecular weight excluding hydrogens is 286 g/mol. The Morgan fingerprint density at radius 1 is 0.957 bits per heavy atom. The van der Waals surface area contributed by atoms with Gasteiger partial charge in [-0.05, 0) is 24.6 Å². The van der Waals surface area contributed by atoms with Crippen molar-refractivity contribution in [3.63, 3.8) is 0 Å². The summed E-state index contributed by atoms with van der Waals surface area (Å²) in [5, 5.41) is 1.16. The summed E-state index contributed by atoms with van der Waals surface area (Å²) in [6.45, 7) is 5.53. The molecule has 3 aromatic rings. The summed E-state index contributed by atoms with van der Waals surface area (Å²) in [4.78, 5) is 2.45. The minimum absolute atomic E-state index is 0.145. The van der Waals surface area contributed by atoms with E-state index in [0.717, 1.165) is 43.0 Å². The van der Waals surface area contributed by atoms with Crippen molar-refractivity contribution in [2.75, 3.05) is 26.3 Å². The van der Waals surface area contributed by atoms with E-state index in [9.17, 15) is 0 Å². The lowest BCUT2D eigenvalue weighted by atomic mass is 10.0. The average Bonchev–Trinajstić information content (AvgIpc) is 3.01. The molecule has 3 nitrogen and oxygen atoms in total. The van der Waals surface area contributed by atoms with Crippen LogP contribution >= 0.6 is 0 Å². The fourth-order valence-corrected chi connectivity index (χ4v) is 3.28. The number of hydrogen-bond acceptors (Lipinski definition) is 3. The maximum Gasteiger partial charge on any atom is 0.134 e. The molecule has 2 heterocycles. The molecule has 1 fully saturated rings. The van der Waals surface area contributed by atoms with Gasteiger partial charge in [0.1, 0.15) is 11.3 Å². The lowest BCUT2D eigenvalue weighted by Gasteiger charge is -2.33. The highest BCUT2D eigenvalue weighted by molar-refractivity contribution is 5.78.